The van der Waals surface area contributed by atoms with E-state index in [1.54, 1.807) is 0 Å². The Morgan fingerprint density at radius 3 is 1.28 bits per heavy atom. The lowest BCUT2D eigenvalue weighted by Gasteiger charge is -2.34. The first kappa shape index (κ1) is 27.4. The number of hydrogen-bond donors (Lipinski definition) is 0. The van der Waals surface area contributed by atoms with Crippen molar-refractivity contribution in [1.29, 1.82) is 0 Å². The van der Waals surface area contributed by atoms with Crippen LogP contribution in [-0.2, 0) is 19.0 Å². The van der Waals surface area contributed by atoms with Crippen molar-refractivity contribution < 1.29 is 80.5 Å². The van der Waals surface area contributed by atoms with E-state index in [4.69, 9.17) is 0 Å². The fraction of sp³-hybridized carbons (Fsp3) is 0.909. The molecule has 0 saturated heterocycles. The Bertz CT molecular complexity index is 532. The molecule has 0 aliphatic heterocycles. The molecule has 0 rings (SSSR count). The van der Waals surface area contributed by atoms with E-state index in [2.05, 4.69) is 14.2 Å². The molecule has 0 amide bonds. The van der Waals surface area contributed by atoms with E-state index in [9.17, 15) is 66.3 Å². The molecule has 1 atom stereocenters. The van der Waals surface area contributed by atoms with Crippen molar-refractivity contribution in [2.75, 3.05) is 13.2 Å². The number of alkyl halides is 14. The summed E-state index contributed by atoms with van der Waals surface area (Å²) in [5.41, 5.74) is 0. The van der Waals surface area contributed by atoms with Gasteiger partial charge in [0, 0.05) is 6.92 Å². The summed E-state index contributed by atoms with van der Waals surface area (Å²) in [4.78, 5) is 10.5. The Morgan fingerprint density at radius 1 is 0.655 bits per heavy atom. The fourth-order valence-electron chi connectivity index (χ4n) is 1.38. The summed E-state index contributed by atoms with van der Waals surface area (Å²) in [6, 6.07) is 0. The van der Waals surface area contributed by atoms with Gasteiger partial charge in [-0.1, -0.05) is 0 Å². The molecule has 174 valence electrons. The Morgan fingerprint density at radius 2 is 1.00 bits per heavy atom. The zero-order valence-electron chi connectivity index (χ0n) is 13.4. The number of rotatable bonds is 7. The minimum absolute atomic E-state index is 0.457. The Kier molecular flexibility index (Phi) is 7.82. The molecular formula is C11H8F14O4. The highest BCUT2D eigenvalue weighted by molar-refractivity contribution is 5.65. The van der Waals surface area contributed by atoms with E-state index in [1.807, 2.05) is 0 Å². The minimum Gasteiger partial charge on any atom is -0.463 e. The molecule has 0 saturated carbocycles. The highest BCUT2D eigenvalue weighted by Crippen LogP contribution is 2.49. The topological polar surface area (TPSA) is 44.8 Å². The normalized spacial score (nSPS) is 16.0. The van der Waals surface area contributed by atoms with Gasteiger partial charge in [-0.3, -0.25) is 4.79 Å². The summed E-state index contributed by atoms with van der Waals surface area (Å²) in [5.74, 6) is -14.7. The van der Waals surface area contributed by atoms with Crippen LogP contribution in [0.2, 0.25) is 0 Å². The highest BCUT2D eigenvalue weighted by atomic mass is 19.4. The molecule has 0 aromatic heterocycles. The quantitative estimate of drug-likeness (QED) is 0.405. The molecule has 0 fully saturated rings. The maximum Gasteiger partial charge on any atom is 0.458 e. The SMILES string of the molecule is CC(=O)OCC(COC(F)(C(F)(F)F)C(F)(F)F)OC(F)(C(F)(F)F)C(F)(F)F. The standard InChI is InChI=1S/C11H8F14O4/c1-4(26)27-2-5(29-7(13,10(20,21)22)11(23,24)25)3-28-6(12,8(14,15)16)9(17,18)19/h5H,2-3H2,1H3. The van der Waals surface area contributed by atoms with Crippen LogP contribution in [0.5, 0.6) is 0 Å². The lowest BCUT2D eigenvalue weighted by atomic mass is 10.2. The summed E-state index contributed by atoms with van der Waals surface area (Å²) in [6.07, 6.45) is -31.1. The fourth-order valence-corrected chi connectivity index (χ4v) is 1.38. The van der Waals surface area contributed by atoms with Crippen molar-refractivity contribution in [2.24, 2.45) is 0 Å². The molecule has 29 heavy (non-hydrogen) atoms. The third kappa shape index (κ3) is 6.19. The molecule has 4 nitrogen and oxygen atoms in total. The van der Waals surface area contributed by atoms with Crippen LogP contribution in [0.25, 0.3) is 0 Å². The summed E-state index contributed by atoms with van der Waals surface area (Å²) in [7, 11) is 0. The maximum atomic E-state index is 13.5. The molecule has 0 aromatic carbocycles. The van der Waals surface area contributed by atoms with Gasteiger partial charge >= 0.3 is 42.4 Å². The first-order valence-corrected chi connectivity index (χ1v) is 6.59. The van der Waals surface area contributed by atoms with Crippen molar-refractivity contribution in [2.45, 2.75) is 49.4 Å². The number of hydrogen-bond acceptors (Lipinski definition) is 4. The molecule has 0 spiro atoms. The number of ether oxygens (including phenoxy) is 3. The second kappa shape index (κ2) is 8.27. The Labute approximate surface area is 150 Å². The molecule has 0 radical (unpaired) electrons. The molecule has 18 heteroatoms. The van der Waals surface area contributed by atoms with Crippen LogP contribution >= 0.6 is 0 Å². The van der Waals surface area contributed by atoms with Crippen LogP contribution in [-0.4, -0.2) is 61.7 Å². The first-order valence-electron chi connectivity index (χ1n) is 6.59. The van der Waals surface area contributed by atoms with Gasteiger partial charge in [-0.2, -0.15) is 61.5 Å². The maximum absolute atomic E-state index is 13.5. The van der Waals surface area contributed by atoms with E-state index in [0.29, 0.717) is 6.92 Å². The van der Waals surface area contributed by atoms with Crippen LogP contribution in [0, 0.1) is 0 Å². The smallest absolute Gasteiger partial charge is 0.458 e. The third-order valence-corrected chi connectivity index (χ3v) is 2.73. The van der Waals surface area contributed by atoms with Crippen molar-refractivity contribution in [3.63, 3.8) is 0 Å². The van der Waals surface area contributed by atoms with Gasteiger partial charge in [0.2, 0.25) is 0 Å². The first-order chi connectivity index (χ1) is 12.5. The average molecular weight is 470 g/mol. The van der Waals surface area contributed by atoms with Gasteiger partial charge in [0.05, 0.1) is 6.61 Å². The van der Waals surface area contributed by atoms with Crippen LogP contribution < -0.4 is 0 Å². The van der Waals surface area contributed by atoms with E-state index >= 15 is 0 Å². The molecule has 1 unspecified atom stereocenters. The van der Waals surface area contributed by atoms with E-state index in [1.165, 1.54) is 0 Å². The van der Waals surface area contributed by atoms with Gasteiger partial charge in [0.15, 0.2) is 0 Å². The van der Waals surface area contributed by atoms with Gasteiger partial charge in [0.25, 0.3) is 0 Å². The summed E-state index contributed by atoms with van der Waals surface area (Å²) >= 11 is 0. The lowest BCUT2D eigenvalue weighted by molar-refractivity contribution is -0.454. The van der Waals surface area contributed by atoms with E-state index in [-0.39, 0.29) is 0 Å². The van der Waals surface area contributed by atoms with Crippen LogP contribution in [0.3, 0.4) is 0 Å². The van der Waals surface area contributed by atoms with E-state index in [0.717, 1.165) is 0 Å². The van der Waals surface area contributed by atoms with Gasteiger partial charge in [0.1, 0.15) is 12.7 Å². The van der Waals surface area contributed by atoms with Crippen molar-refractivity contribution in [3.8, 4) is 0 Å². The minimum atomic E-state index is -6.94. The van der Waals surface area contributed by atoms with E-state index < -0.39 is 61.7 Å². The zero-order chi connectivity index (χ0) is 23.7. The Balaban J connectivity index is 5.89. The predicted molar refractivity (Wildman–Crippen MR) is 59.4 cm³/mol. The second-order valence-corrected chi connectivity index (χ2v) is 5.04. The number of carbonyl (C=O) groups excluding carboxylic acids is 1. The molecule has 0 N–H and O–H groups in total. The molecule has 0 aliphatic carbocycles. The highest BCUT2D eigenvalue weighted by Gasteiger charge is 2.76. The molecular weight excluding hydrogens is 462 g/mol. The zero-order valence-corrected chi connectivity index (χ0v) is 13.4. The third-order valence-electron chi connectivity index (χ3n) is 2.73. The number of esters is 1. The molecule has 0 bridgehead atoms. The molecule has 0 heterocycles. The van der Waals surface area contributed by atoms with Crippen molar-refractivity contribution in [3.05, 3.63) is 0 Å². The van der Waals surface area contributed by atoms with Crippen LogP contribution in [0.15, 0.2) is 0 Å². The summed E-state index contributed by atoms with van der Waals surface area (Å²) in [6.45, 7) is -4.20. The molecule has 0 aliphatic rings. The van der Waals surface area contributed by atoms with Gasteiger partial charge in [-0.25, -0.2) is 0 Å². The lowest BCUT2D eigenvalue weighted by Crippen LogP contribution is -2.59. The van der Waals surface area contributed by atoms with Crippen LogP contribution in [0.1, 0.15) is 6.92 Å². The van der Waals surface area contributed by atoms with Crippen molar-refractivity contribution >= 4 is 5.97 Å². The Hall–Kier alpha value is -1.59. The van der Waals surface area contributed by atoms with Crippen molar-refractivity contribution in [1.82, 2.24) is 0 Å². The van der Waals surface area contributed by atoms with Crippen LogP contribution in [0.4, 0.5) is 61.5 Å². The molecule has 0 aromatic rings. The second-order valence-electron chi connectivity index (χ2n) is 5.04. The van der Waals surface area contributed by atoms with Gasteiger partial charge in [-0.05, 0) is 0 Å². The van der Waals surface area contributed by atoms with Gasteiger partial charge in [-0.15, -0.1) is 0 Å². The monoisotopic (exact) mass is 470 g/mol. The predicted octanol–water partition coefficient (Wildman–Crippen LogP) is 4.53. The summed E-state index contributed by atoms with van der Waals surface area (Å²) < 4.78 is 185. The number of carbonyl (C=O) groups is 1. The van der Waals surface area contributed by atoms with Gasteiger partial charge < -0.3 is 14.2 Å². The average Bonchev–Trinajstić information content (AvgIpc) is 2.44. The number of halogens is 14. The summed E-state index contributed by atoms with van der Waals surface area (Å²) in [5, 5.41) is 0. The largest absolute Gasteiger partial charge is 0.463 e.